The fourth-order valence-electron chi connectivity index (χ4n) is 2.85. The van der Waals surface area contributed by atoms with E-state index < -0.39 is 0 Å². The van der Waals surface area contributed by atoms with Crippen LogP contribution in [-0.2, 0) is 18.4 Å². The summed E-state index contributed by atoms with van der Waals surface area (Å²) in [4.78, 5) is 19.2. The molecule has 0 saturated carbocycles. The van der Waals surface area contributed by atoms with Crippen LogP contribution in [0, 0.1) is 6.92 Å². The van der Waals surface area contributed by atoms with Crippen molar-refractivity contribution >= 4 is 17.2 Å². The zero-order valence-corrected chi connectivity index (χ0v) is 13.2. The number of amides is 1. The molecule has 1 fully saturated rings. The molecule has 2 aromatic rings. The summed E-state index contributed by atoms with van der Waals surface area (Å²) in [5, 5.41) is 7.81. The second kappa shape index (κ2) is 5.57. The van der Waals surface area contributed by atoms with Crippen molar-refractivity contribution in [1.82, 2.24) is 25.0 Å². The SMILES string of the molecule is Cc1c([C@H]2[C@H](NCc3cncs3)CC(=O)N2C)cnn1C. The molecule has 1 saturated heterocycles. The third kappa shape index (κ3) is 2.58. The molecular formula is C14H19N5OS. The average Bonchev–Trinajstić information content (AvgIpc) is 3.14. The second-order valence-electron chi connectivity index (χ2n) is 5.42. The number of aryl methyl sites for hydroxylation is 1. The lowest BCUT2D eigenvalue weighted by atomic mass is 10.0. The summed E-state index contributed by atoms with van der Waals surface area (Å²) in [6.07, 6.45) is 4.26. The summed E-state index contributed by atoms with van der Waals surface area (Å²) in [6, 6.07) is 0.145. The highest BCUT2D eigenvalue weighted by molar-refractivity contribution is 7.09. The Hall–Kier alpha value is -1.73. The first-order chi connectivity index (χ1) is 10.1. The molecule has 0 spiro atoms. The molecule has 112 valence electrons. The Morgan fingerprint density at radius 2 is 2.24 bits per heavy atom. The lowest BCUT2D eigenvalue weighted by Gasteiger charge is -2.25. The largest absolute Gasteiger partial charge is 0.337 e. The summed E-state index contributed by atoms with van der Waals surface area (Å²) in [5.41, 5.74) is 4.05. The van der Waals surface area contributed by atoms with Gasteiger partial charge >= 0.3 is 0 Å². The fourth-order valence-corrected chi connectivity index (χ4v) is 3.39. The van der Waals surface area contributed by atoms with Crippen molar-refractivity contribution in [2.24, 2.45) is 7.05 Å². The van der Waals surface area contributed by atoms with Crippen LogP contribution in [0.1, 0.15) is 28.6 Å². The zero-order chi connectivity index (χ0) is 15.0. The highest BCUT2D eigenvalue weighted by atomic mass is 32.1. The highest BCUT2D eigenvalue weighted by Crippen LogP contribution is 2.33. The van der Waals surface area contributed by atoms with Crippen LogP contribution in [0.25, 0.3) is 0 Å². The maximum atomic E-state index is 12.1. The van der Waals surface area contributed by atoms with Crippen molar-refractivity contribution in [3.05, 3.63) is 34.0 Å². The smallest absolute Gasteiger partial charge is 0.224 e. The number of hydrogen-bond donors (Lipinski definition) is 1. The molecule has 0 bridgehead atoms. The normalized spacial score (nSPS) is 22.2. The van der Waals surface area contributed by atoms with Gasteiger partial charge in [-0.15, -0.1) is 11.3 Å². The Kier molecular flexibility index (Phi) is 3.77. The number of likely N-dealkylation sites (N-methyl/N-ethyl adjacent to an activating group) is 1. The van der Waals surface area contributed by atoms with E-state index in [4.69, 9.17) is 0 Å². The number of thiazole rings is 1. The lowest BCUT2D eigenvalue weighted by molar-refractivity contribution is -0.127. The first-order valence-corrected chi connectivity index (χ1v) is 7.80. The number of nitrogens with one attached hydrogen (secondary N) is 1. The van der Waals surface area contributed by atoms with E-state index in [-0.39, 0.29) is 18.0 Å². The minimum absolute atomic E-state index is 0.0409. The average molecular weight is 305 g/mol. The Balaban J connectivity index is 1.81. The second-order valence-corrected chi connectivity index (χ2v) is 6.39. The van der Waals surface area contributed by atoms with Crippen molar-refractivity contribution in [3.63, 3.8) is 0 Å². The van der Waals surface area contributed by atoms with Crippen LogP contribution in [0.3, 0.4) is 0 Å². The van der Waals surface area contributed by atoms with Crippen molar-refractivity contribution < 1.29 is 4.79 Å². The first kappa shape index (κ1) is 14.2. The lowest BCUT2D eigenvalue weighted by Crippen LogP contribution is -2.34. The van der Waals surface area contributed by atoms with Gasteiger partial charge in [0.25, 0.3) is 0 Å². The predicted molar refractivity (Wildman–Crippen MR) is 80.8 cm³/mol. The molecule has 0 aliphatic carbocycles. The van der Waals surface area contributed by atoms with Crippen molar-refractivity contribution in [3.8, 4) is 0 Å². The molecule has 1 aliphatic heterocycles. The summed E-state index contributed by atoms with van der Waals surface area (Å²) in [6.45, 7) is 2.78. The van der Waals surface area contributed by atoms with Gasteiger partial charge in [-0.05, 0) is 6.92 Å². The monoisotopic (exact) mass is 305 g/mol. The summed E-state index contributed by atoms with van der Waals surface area (Å²) in [7, 11) is 3.79. The number of rotatable bonds is 4. The quantitative estimate of drug-likeness (QED) is 0.923. The van der Waals surface area contributed by atoms with E-state index >= 15 is 0 Å². The van der Waals surface area contributed by atoms with Gasteiger partial charge in [0.05, 0.1) is 17.7 Å². The van der Waals surface area contributed by atoms with E-state index in [1.807, 2.05) is 48.5 Å². The summed E-state index contributed by atoms with van der Waals surface area (Å²) >= 11 is 1.62. The van der Waals surface area contributed by atoms with Gasteiger partial charge in [-0.3, -0.25) is 14.5 Å². The Labute approximate surface area is 127 Å². The molecule has 0 aromatic carbocycles. The first-order valence-electron chi connectivity index (χ1n) is 6.93. The maximum absolute atomic E-state index is 12.1. The molecule has 2 atom stereocenters. The number of carbonyl (C=O) groups is 1. The minimum Gasteiger partial charge on any atom is -0.337 e. The van der Waals surface area contributed by atoms with Gasteiger partial charge in [-0.1, -0.05) is 0 Å². The van der Waals surface area contributed by atoms with Crippen LogP contribution < -0.4 is 5.32 Å². The van der Waals surface area contributed by atoms with E-state index in [9.17, 15) is 4.79 Å². The molecule has 1 amide bonds. The van der Waals surface area contributed by atoms with E-state index in [1.165, 1.54) is 4.88 Å². The van der Waals surface area contributed by atoms with Gasteiger partial charge in [0.2, 0.25) is 5.91 Å². The highest BCUT2D eigenvalue weighted by Gasteiger charge is 2.39. The number of hydrogen-bond acceptors (Lipinski definition) is 5. The molecule has 7 heteroatoms. The van der Waals surface area contributed by atoms with E-state index in [2.05, 4.69) is 15.4 Å². The molecule has 1 N–H and O–H groups in total. The number of nitrogens with zero attached hydrogens (tertiary/aromatic N) is 4. The third-order valence-corrected chi connectivity index (χ3v) is 4.98. The molecule has 3 rings (SSSR count). The molecule has 6 nitrogen and oxygen atoms in total. The van der Waals surface area contributed by atoms with Crippen molar-refractivity contribution in [1.29, 1.82) is 0 Å². The molecule has 0 radical (unpaired) electrons. The summed E-state index contributed by atoms with van der Waals surface area (Å²) in [5.74, 6) is 0.171. The van der Waals surface area contributed by atoms with Crippen molar-refractivity contribution in [2.45, 2.75) is 32.0 Å². The maximum Gasteiger partial charge on any atom is 0.224 e. The number of carbonyl (C=O) groups excluding carboxylic acids is 1. The van der Waals surface area contributed by atoms with Gasteiger partial charge in [-0.2, -0.15) is 5.10 Å². The standard InChI is InChI=1S/C14H19N5OS/c1-9-11(7-17-19(9)3)14-12(4-13(20)18(14)2)16-6-10-5-15-8-21-10/h5,7-8,12,14,16H,4,6H2,1-3H3/t12-,14+/m1/s1. The van der Waals surface area contributed by atoms with Crippen LogP contribution in [0.4, 0.5) is 0 Å². The molecule has 21 heavy (non-hydrogen) atoms. The molecule has 1 aliphatic rings. The van der Waals surface area contributed by atoms with E-state index in [1.54, 1.807) is 11.3 Å². The number of likely N-dealkylation sites (tertiary alicyclic amines) is 1. The van der Waals surface area contributed by atoms with E-state index in [0.29, 0.717) is 6.42 Å². The van der Waals surface area contributed by atoms with Gasteiger partial charge in [-0.25, -0.2) is 0 Å². The third-order valence-electron chi connectivity index (χ3n) is 4.20. The van der Waals surface area contributed by atoms with Crippen LogP contribution in [0.5, 0.6) is 0 Å². The summed E-state index contributed by atoms with van der Waals surface area (Å²) < 4.78 is 1.85. The fraction of sp³-hybridized carbons (Fsp3) is 0.500. The molecular weight excluding hydrogens is 286 g/mol. The number of aromatic nitrogens is 3. The molecule has 2 aromatic heterocycles. The van der Waals surface area contributed by atoms with Gasteiger partial charge in [0, 0.05) is 55.4 Å². The van der Waals surface area contributed by atoms with Crippen LogP contribution in [-0.4, -0.2) is 38.7 Å². The Morgan fingerprint density at radius 1 is 1.43 bits per heavy atom. The Bertz CT molecular complexity index is 636. The molecule has 0 unspecified atom stereocenters. The Morgan fingerprint density at radius 3 is 2.86 bits per heavy atom. The predicted octanol–water partition coefficient (Wildman–Crippen LogP) is 1.25. The van der Waals surface area contributed by atoms with Crippen LogP contribution in [0.15, 0.2) is 17.9 Å². The molecule has 3 heterocycles. The zero-order valence-electron chi connectivity index (χ0n) is 12.4. The minimum atomic E-state index is 0.0409. The van der Waals surface area contributed by atoms with Crippen molar-refractivity contribution in [2.75, 3.05) is 7.05 Å². The van der Waals surface area contributed by atoms with Crippen LogP contribution >= 0.6 is 11.3 Å². The van der Waals surface area contributed by atoms with Crippen LogP contribution in [0.2, 0.25) is 0 Å². The topological polar surface area (TPSA) is 63.1 Å². The van der Waals surface area contributed by atoms with Gasteiger partial charge in [0.1, 0.15) is 0 Å². The van der Waals surface area contributed by atoms with Gasteiger partial charge in [0.15, 0.2) is 0 Å². The van der Waals surface area contributed by atoms with E-state index in [0.717, 1.165) is 17.8 Å². The van der Waals surface area contributed by atoms with Gasteiger partial charge < -0.3 is 10.2 Å².